The quantitative estimate of drug-likeness (QED) is 0.913. The molecule has 0 aliphatic carbocycles. The number of allylic oxidation sites excluding steroid dienone is 1. The number of aliphatic hydroxyl groups is 1. The van der Waals surface area contributed by atoms with Crippen LogP contribution in [0.15, 0.2) is 30.8 Å². The molecule has 1 aromatic rings. The Morgan fingerprint density at radius 1 is 1.19 bits per heavy atom. The van der Waals surface area contributed by atoms with Crippen LogP contribution in [0, 0.1) is 0 Å². The molecule has 2 heterocycles. The Morgan fingerprint density at radius 3 is 2.19 bits per heavy atom. The van der Waals surface area contributed by atoms with Gasteiger partial charge in [0.1, 0.15) is 0 Å². The lowest BCUT2D eigenvalue weighted by Crippen LogP contribution is -2.50. The minimum atomic E-state index is -3.04. The molecular formula is C17H22O3S. The minimum Gasteiger partial charge on any atom is -0.385 e. The lowest BCUT2D eigenvalue weighted by atomic mass is 9.80. The average Bonchev–Trinajstić information content (AvgIpc) is 2.41. The van der Waals surface area contributed by atoms with Crippen molar-refractivity contribution in [2.75, 3.05) is 0 Å². The van der Waals surface area contributed by atoms with Crippen LogP contribution >= 0.6 is 0 Å². The summed E-state index contributed by atoms with van der Waals surface area (Å²) in [5.74, 6) is 0. The molecule has 0 amide bonds. The summed E-state index contributed by atoms with van der Waals surface area (Å²) in [5, 5.41) is 10.3. The van der Waals surface area contributed by atoms with Gasteiger partial charge in [0.05, 0.1) is 16.1 Å². The molecule has 2 unspecified atom stereocenters. The first-order valence-electron chi connectivity index (χ1n) is 7.54. The summed E-state index contributed by atoms with van der Waals surface area (Å²) in [6, 6.07) is 7.73. The second kappa shape index (κ2) is 4.96. The molecule has 1 N–H and O–H groups in total. The third kappa shape index (κ3) is 2.44. The van der Waals surface area contributed by atoms with E-state index < -0.39 is 15.4 Å². The molecule has 2 aliphatic heterocycles. The number of fused-ring (bicyclic) bond motifs is 2. The zero-order valence-corrected chi connectivity index (χ0v) is 13.2. The molecule has 0 spiro atoms. The number of sulfone groups is 1. The first kappa shape index (κ1) is 14.8. The lowest BCUT2D eigenvalue weighted by molar-refractivity contribution is 0.00501. The summed E-state index contributed by atoms with van der Waals surface area (Å²) >= 11 is 0. The smallest absolute Gasteiger partial charge is 0.156 e. The Balaban J connectivity index is 1.93. The lowest BCUT2D eigenvalue weighted by Gasteiger charge is -2.44. The second-order valence-corrected chi connectivity index (χ2v) is 9.07. The maximum absolute atomic E-state index is 12.3. The van der Waals surface area contributed by atoms with Crippen LogP contribution in [0.5, 0.6) is 0 Å². The van der Waals surface area contributed by atoms with Gasteiger partial charge in [0.25, 0.3) is 0 Å². The molecule has 4 heteroatoms. The van der Waals surface area contributed by atoms with Gasteiger partial charge in [0.15, 0.2) is 9.84 Å². The first-order valence-corrected chi connectivity index (χ1v) is 9.15. The van der Waals surface area contributed by atoms with Crippen LogP contribution in [-0.4, -0.2) is 24.0 Å². The van der Waals surface area contributed by atoms with Gasteiger partial charge in [0.2, 0.25) is 0 Å². The molecule has 1 aromatic carbocycles. The third-order valence-electron chi connectivity index (χ3n) is 5.03. The summed E-state index contributed by atoms with van der Waals surface area (Å²) < 4.78 is 24.7. The van der Waals surface area contributed by atoms with E-state index in [2.05, 4.69) is 6.58 Å². The topological polar surface area (TPSA) is 54.4 Å². The fraction of sp³-hybridized carbons (Fsp3) is 0.529. The van der Waals surface area contributed by atoms with Crippen molar-refractivity contribution in [3.05, 3.63) is 42.0 Å². The van der Waals surface area contributed by atoms with Gasteiger partial charge in [-0.15, -0.1) is 0 Å². The van der Waals surface area contributed by atoms with E-state index in [1.807, 2.05) is 31.2 Å². The van der Waals surface area contributed by atoms with Crippen molar-refractivity contribution in [2.45, 2.75) is 55.1 Å². The van der Waals surface area contributed by atoms with Crippen LogP contribution < -0.4 is 0 Å². The number of hydrogen-bond acceptors (Lipinski definition) is 3. The van der Waals surface area contributed by atoms with Crippen molar-refractivity contribution in [3.8, 4) is 0 Å². The molecule has 2 saturated heterocycles. The highest BCUT2D eigenvalue weighted by Crippen LogP contribution is 2.46. The molecule has 21 heavy (non-hydrogen) atoms. The first-order chi connectivity index (χ1) is 9.83. The third-order valence-corrected chi connectivity index (χ3v) is 7.69. The second-order valence-electron chi connectivity index (χ2n) is 6.56. The summed E-state index contributed by atoms with van der Waals surface area (Å²) in [6.07, 6.45) is 2.99. The van der Waals surface area contributed by atoms with Crippen molar-refractivity contribution in [1.82, 2.24) is 0 Å². The zero-order chi connectivity index (χ0) is 15.3. The molecule has 0 radical (unpaired) electrons. The van der Waals surface area contributed by atoms with Gasteiger partial charge in [-0.1, -0.05) is 42.8 Å². The maximum atomic E-state index is 12.3. The molecule has 2 bridgehead atoms. The van der Waals surface area contributed by atoms with Gasteiger partial charge < -0.3 is 5.11 Å². The molecule has 114 valence electrons. The summed E-state index contributed by atoms with van der Waals surface area (Å²) in [5.41, 5.74) is 1.86. The van der Waals surface area contributed by atoms with Crippen molar-refractivity contribution in [3.63, 3.8) is 0 Å². The molecule has 2 fully saturated rings. The van der Waals surface area contributed by atoms with E-state index in [-0.39, 0.29) is 10.5 Å². The standard InChI is InChI=1S/C17H22O3S/c1-12(2)13-6-8-14(9-7-13)17(18)10-15-4-3-5-16(11-17)21(15,19)20/h6-9,15-16,18H,1,3-5,10-11H2,2H3. The summed E-state index contributed by atoms with van der Waals surface area (Å²) in [6.45, 7) is 5.85. The predicted octanol–water partition coefficient (Wildman–Crippen LogP) is 3.04. The van der Waals surface area contributed by atoms with Crippen molar-refractivity contribution < 1.29 is 13.5 Å². The van der Waals surface area contributed by atoms with Gasteiger partial charge in [0, 0.05) is 0 Å². The molecule has 3 rings (SSSR count). The van der Waals surface area contributed by atoms with Crippen LogP contribution in [0.4, 0.5) is 0 Å². The summed E-state index contributed by atoms with van der Waals surface area (Å²) in [7, 11) is -3.04. The van der Waals surface area contributed by atoms with Crippen molar-refractivity contribution >= 4 is 15.4 Å². The van der Waals surface area contributed by atoms with E-state index in [9.17, 15) is 13.5 Å². The van der Waals surface area contributed by atoms with Crippen LogP contribution in [0.3, 0.4) is 0 Å². The van der Waals surface area contributed by atoms with Gasteiger partial charge in [-0.2, -0.15) is 0 Å². The van der Waals surface area contributed by atoms with Gasteiger partial charge in [-0.05, 0) is 43.7 Å². The van der Waals surface area contributed by atoms with Crippen LogP contribution in [0.2, 0.25) is 0 Å². The minimum absolute atomic E-state index is 0.332. The fourth-order valence-corrected chi connectivity index (χ4v) is 6.30. The normalized spacial score (nSPS) is 34.4. The molecule has 2 aliphatic rings. The van der Waals surface area contributed by atoms with E-state index in [0.29, 0.717) is 25.7 Å². The fourth-order valence-electron chi connectivity index (χ4n) is 3.75. The Kier molecular flexibility index (Phi) is 3.49. The van der Waals surface area contributed by atoms with Crippen LogP contribution in [0.1, 0.15) is 50.2 Å². The highest BCUT2D eigenvalue weighted by Gasteiger charge is 2.50. The van der Waals surface area contributed by atoms with Gasteiger partial charge in [-0.3, -0.25) is 0 Å². The Morgan fingerprint density at radius 2 is 1.71 bits per heavy atom. The van der Waals surface area contributed by atoms with E-state index in [4.69, 9.17) is 0 Å². The Labute approximate surface area is 126 Å². The monoisotopic (exact) mass is 306 g/mol. The van der Waals surface area contributed by atoms with E-state index >= 15 is 0 Å². The van der Waals surface area contributed by atoms with Crippen molar-refractivity contribution in [2.24, 2.45) is 0 Å². The highest BCUT2D eigenvalue weighted by atomic mass is 32.2. The predicted molar refractivity (Wildman–Crippen MR) is 84.6 cm³/mol. The number of hydrogen-bond donors (Lipinski definition) is 1. The Hall–Kier alpha value is -1.13. The van der Waals surface area contributed by atoms with Crippen LogP contribution in [0.25, 0.3) is 5.57 Å². The summed E-state index contributed by atoms with van der Waals surface area (Å²) in [4.78, 5) is 0. The van der Waals surface area contributed by atoms with E-state index in [1.165, 1.54) is 0 Å². The zero-order valence-electron chi connectivity index (χ0n) is 12.4. The van der Waals surface area contributed by atoms with E-state index in [0.717, 1.165) is 23.1 Å². The molecule has 0 saturated carbocycles. The van der Waals surface area contributed by atoms with Gasteiger partial charge in [-0.25, -0.2) is 8.42 Å². The Bertz CT molecular complexity index is 638. The molecular weight excluding hydrogens is 284 g/mol. The largest absolute Gasteiger partial charge is 0.385 e. The molecule has 3 nitrogen and oxygen atoms in total. The van der Waals surface area contributed by atoms with E-state index in [1.54, 1.807) is 0 Å². The van der Waals surface area contributed by atoms with Gasteiger partial charge >= 0.3 is 0 Å². The average molecular weight is 306 g/mol. The number of benzene rings is 1. The molecule has 0 aromatic heterocycles. The number of rotatable bonds is 2. The van der Waals surface area contributed by atoms with Crippen LogP contribution in [-0.2, 0) is 15.4 Å². The van der Waals surface area contributed by atoms with Crippen molar-refractivity contribution in [1.29, 1.82) is 0 Å². The molecule has 2 atom stereocenters. The SMILES string of the molecule is C=C(C)c1ccc(C2(O)CC3CCCC(C2)S3(=O)=O)cc1. The highest BCUT2D eigenvalue weighted by molar-refractivity contribution is 7.92. The maximum Gasteiger partial charge on any atom is 0.156 e.